The third-order valence-electron chi connectivity index (χ3n) is 5.72. The molecule has 3 heterocycles. The number of unbranched alkanes of at least 4 members (excludes halogenated alkanes) is 1. The molecule has 0 spiro atoms. The third-order valence-corrected chi connectivity index (χ3v) is 6.61. The van der Waals surface area contributed by atoms with Crippen molar-refractivity contribution in [2.75, 3.05) is 25.0 Å². The van der Waals surface area contributed by atoms with Crippen LogP contribution in [0.4, 0.5) is 5.82 Å². The number of para-hydroxylation sites is 2. The van der Waals surface area contributed by atoms with Gasteiger partial charge in [0.05, 0.1) is 16.4 Å². The van der Waals surface area contributed by atoms with Crippen LogP contribution < -0.4 is 20.1 Å². The highest BCUT2D eigenvalue weighted by atomic mass is 79.9. The van der Waals surface area contributed by atoms with Gasteiger partial charge in [-0.3, -0.25) is 5.32 Å². The van der Waals surface area contributed by atoms with Crippen LogP contribution in [0.3, 0.4) is 0 Å². The molecule has 10 heteroatoms. The van der Waals surface area contributed by atoms with Crippen molar-refractivity contribution in [3.8, 4) is 22.8 Å². The number of nitrogens with one attached hydrogen (secondary N) is 2. The number of hydrogen-bond donors (Lipinski definition) is 3. The van der Waals surface area contributed by atoms with Crippen molar-refractivity contribution >= 4 is 39.0 Å². The molecule has 1 unspecified atom stereocenters. The van der Waals surface area contributed by atoms with Gasteiger partial charge in [0, 0.05) is 23.2 Å². The van der Waals surface area contributed by atoms with E-state index in [2.05, 4.69) is 31.7 Å². The van der Waals surface area contributed by atoms with E-state index in [9.17, 15) is 5.11 Å². The summed E-state index contributed by atoms with van der Waals surface area (Å²) < 4.78 is 14.1. The zero-order valence-corrected chi connectivity index (χ0v) is 21.2. The molecular formula is C25H25BrClN5O3. The Bertz CT molecular complexity index is 1320. The smallest absolute Gasteiger partial charge is 0.172 e. The number of rotatable bonds is 9. The summed E-state index contributed by atoms with van der Waals surface area (Å²) in [6.07, 6.45) is 2.22. The number of nitrogens with zero attached hydrogens (tertiary/aromatic N) is 3. The zero-order valence-electron chi connectivity index (χ0n) is 18.8. The minimum Gasteiger partial charge on any atom is -0.486 e. The first-order chi connectivity index (χ1) is 17.1. The summed E-state index contributed by atoms with van der Waals surface area (Å²) >= 11 is 9.93. The predicted octanol–water partition coefficient (Wildman–Crippen LogP) is 4.75. The van der Waals surface area contributed by atoms with E-state index >= 15 is 0 Å². The molecule has 0 bridgehead atoms. The van der Waals surface area contributed by atoms with Gasteiger partial charge in [0.1, 0.15) is 18.7 Å². The second kappa shape index (κ2) is 10.8. The molecule has 0 saturated carbocycles. The topological polar surface area (TPSA) is 92.9 Å². The molecule has 8 nitrogen and oxygen atoms in total. The van der Waals surface area contributed by atoms with Gasteiger partial charge in [0.2, 0.25) is 0 Å². The van der Waals surface area contributed by atoms with Crippen LogP contribution in [0.1, 0.15) is 12.8 Å². The van der Waals surface area contributed by atoms with Gasteiger partial charge < -0.3 is 19.9 Å². The summed E-state index contributed by atoms with van der Waals surface area (Å²) in [6.45, 7) is 1.68. The van der Waals surface area contributed by atoms with Crippen LogP contribution in [0, 0.1) is 0 Å². The van der Waals surface area contributed by atoms with Crippen molar-refractivity contribution in [3.63, 3.8) is 0 Å². The number of fused-ring (bicyclic) bond motifs is 2. The van der Waals surface area contributed by atoms with Gasteiger partial charge in [0.15, 0.2) is 23.3 Å². The van der Waals surface area contributed by atoms with Gasteiger partial charge in [-0.15, -0.1) is 0 Å². The molecule has 5 rings (SSSR count). The second-order valence-corrected chi connectivity index (χ2v) is 9.44. The maximum atomic E-state index is 10.5. The van der Waals surface area contributed by atoms with Crippen LogP contribution in [0.2, 0.25) is 5.02 Å². The molecule has 0 amide bonds. The predicted molar refractivity (Wildman–Crippen MR) is 139 cm³/mol. The van der Waals surface area contributed by atoms with E-state index in [-0.39, 0.29) is 0 Å². The Hall–Kier alpha value is -2.85. The molecular weight excluding hydrogens is 534 g/mol. The maximum Gasteiger partial charge on any atom is 0.172 e. The SMILES string of the molecule is OC(NCCCCNc1cc(-c2ccccc2Cl)nc2c(Br)cnn12)[C@@H]1COc2ccccc2O1. The average molecular weight is 559 g/mol. The summed E-state index contributed by atoms with van der Waals surface area (Å²) in [5, 5.41) is 22.1. The molecule has 1 aliphatic heterocycles. The molecule has 0 radical (unpaired) electrons. The van der Waals surface area contributed by atoms with E-state index in [1.54, 1.807) is 10.7 Å². The summed E-state index contributed by atoms with van der Waals surface area (Å²) in [5.41, 5.74) is 2.35. The van der Waals surface area contributed by atoms with Crippen molar-refractivity contribution in [2.45, 2.75) is 25.2 Å². The van der Waals surface area contributed by atoms with E-state index in [0.29, 0.717) is 35.3 Å². The van der Waals surface area contributed by atoms with Crippen molar-refractivity contribution in [3.05, 3.63) is 70.3 Å². The number of aliphatic hydroxyl groups is 1. The number of aliphatic hydroxyl groups excluding tert-OH is 1. The Kier molecular flexibility index (Phi) is 7.38. The first-order valence-electron chi connectivity index (χ1n) is 11.4. The zero-order chi connectivity index (χ0) is 24.2. The molecule has 0 saturated heterocycles. The van der Waals surface area contributed by atoms with E-state index < -0.39 is 12.3 Å². The lowest BCUT2D eigenvalue weighted by atomic mass is 10.1. The van der Waals surface area contributed by atoms with E-state index in [1.807, 2.05) is 54.6 Å². The molecule has 1 aliphatic rings. The first kappa shape index (κ1) is 23.9. The second-order valence-electron chi connectivity index (χ2n) is 8.18. The van der Waals surface area contributed by atoms with Crippen LogP contribution in [0.15, 0.2) is 65.3 Å². The maximum absolute atomic E-state index is 10.5. The Labute approximate surface area is 216 Å². The molecule has 35 heavy (non-hydrogen) atoms. The van der Waals surface area contributed by atoms with Gasteiger partial charge >= 0.3 is 0 Å². The minimum atomic E-state index is -0.809. The lowest BCUT2D eigenvalue weighted by molar-refractivity contribution is -0.0262. The average Bonchev–Trinajstić information content (AvgIpc) is 3.26. The fourth-order valence-corrected chi connectivity index (χ4v) is 4.49. The summed E-state index contributed by atoms with van der Waals surface area (Å²) in [4.78, 5) is 4.73. The fourth-order valence-electron chi connectivity index (χ4n) is 3.91. The summed E-state index contributed by atoms with van der Waals surface area (Å²) in [7, 11) is 0. The highest BCUT2D eigenvalue weighted by molar-refractivity contribution is 9.10. The molecule has 2 aromatic carbocycles. The van der Waals surface area contributed by atoms with E-state index in [4.69, 9.17) is 26.1 Å². The van der Waals surface area contributed by atoms with Gasteiger partial charge in [-0.05, 0) is 53.5 Å². The molecule has 2 aromatic heterocycles. The normalized spacial score (nSPS) is 15.8. The molecule has 3 N–H and O–H groups in total. The van der Waals surface area contributed by atoms with Crippen LogP contribution in [0.5, 0.6) is 11.5 Å². The number of hydrogen-bond acceptors (Lipinski definition) is 7. The van der Waals surface area contributed by atoms with E-state index in [1.165, 1.54) is 0 Å². The number of aromatic nitrogens is 3. The first-order valence-corrected chi connectivity index (χ1v) is 12.6. The van der Waals surface area contributed by atoms with Crippen LogP contribution >= 0.6 is 27.5 Å². The molecule has 182 valence electrons. The van der Waals surface area contributed by atoms with Crippen LogP contribution in [-0.2, 0) is 0 Å². The lowest BCUT2D eigenvalue weighted by Gasteiger charge is -2.30. The largest absolute Gasteiger partial charge is 0.486 e. The molecule has 0 aliphatic carbocycles. The standard InChI is InChI=1S/C25H25BrClN5O3/c26-17-14-30-32-23(13-19(31-24(17)32)16-7-1-2-8-18(16)27)28-11-5-6-12-29-25(33)22-15-34-20-9-3-4-10-21(20)35-22/h1-4,7-10,13-14,22,25,28-29,33H,5-6,11-12,15H2/t22-,25?/m0/s1. The monoisotopic (exact) mass is 557 g/mol. The quantitative estimate of drug-likeness (QED) is 0.202. The van der Waals surface area contributed by atoms with Crippen LogP contribution in [0.25, 0.3) is 16.9 Å². The van der Waals surface area contributed by atoms with Crippen molar-refractivity contribution in [1.29, 1.82) is 0 Å². The van der Waals surface area contributed by atoms with Gasteiger partial charge in [-0.1, -0.05) is 41.9 Å². The molecule has 4 aromatic rings. The van der Waals surface area contributed by atoms with Gasteiger partial charge in [-0.25, -0.2) is 4.98 Å². The van der Waals surface area contributed by atoms with Crippen molar-refractivity contribution in [1.82, 2.24) is 19.9 Å². The number of anilines is 1. The highest BCUT2D eigenvalue weighted by Gasteiger charge is 2.27. The Morgan fingerprint density at radius 2 is 1.89 bits per heavy atom. The Morgan fingerprint density at radius 1 is 1.11 bits per heavy atom. The number of ether oxygens (including phenoxy) is 2. The van der Waals surface area contributed by atoms with Crippen molar-refractivity contribution in [2.24, 2.45) is 0 Å². The van der Waals surface area contributed by atoms with Crippen molar-refractivity contribution < 1.29 is 14.6 Å². The number of halogens is 2. The molecule has 0 fully saturated rings. The number of benzene rings is 2. The Balaban J connectivity index is 1.14. The van der Waals surface area contributed by atoms with Crippen LogP contribution in [-0.4, -0.2) is 51.7 Å². The van der Waals surface area contributed by atoms with E-state index in [0.717, 1.165) is 40.9 Å². The fraction of sp³-hybridized carbons (Fsp3) is 0.280. The summed E-state index contributed by atoms with van der Waals surface area (Å²) in [6, 6.07) is 17.1. The van der Waals surface area contributed by atoms with Gasteiger partial charge in [-0.2, -0.15) is 9.61 Å². The lowest BCUT2D eigenvalue weighted by Crippen LogP contribution is -2.48. The van der Waals surface area contributed by atoms with Gasteiger partial charge in [0.25, 0.3) is 0 Å². The third kappa shape index (κ3) is 5.38. The summed E-state index contributed by atoms with van der Waals surface area (Å²) in [5.74, 6) is 2.18. The highest BCUT2D eigenvalue weighted by Crippen LogP contribution is 2.32. The minimum absolute atomic E-state index is 0.304. The molecule has 2 atom stereocenters. The Morgan fingerprint density at radius 3 is 2.74 bits per heavy atom.